The van der Waals surface area contributed by atoms with Crippen LogP contribution in [0.4, 0.5) is 11.4 Å². The van der Waals surface area contributed by atoms with Crippen LogP contribution >= 0.6 is 0 Å². The van der Waals surface area contributed by atoms with Crippen LogP contribution in [-0.2, 0) is 11.8 Å². The minimum absolute atomic E-state index is 0.174. The molecule has 1 atom stereocenters. The summed E-state index contributed by atoms with van der Waals surface area (Å²) >= 11 is 0. The molecule has 1 heterocycles. The zero-order valence-corrected chi connectivity index (χ0v) is 16.7. The Morgan fingerprint density at radius 2 is 2.03 bits per heavy atom. The van der Waals surface area contributed by atoms with Crippen LogP contribution in [0.15, 0.2) is 60.9 Å². The number of rotatable bonds is 9. The number of anilines is 1. The number of imidazole rings is 1. The fraction of sp³-hybridized carbons (Fsp3) is 0.238. The zero-order valence-electron chi connectivity index (χ0n) is 16.7. The molecule has 3 aromatic rings. The van der Waals surface area contributed by atoms with Gasteiger partial charge in [0.1, 0.15) is 17.6 Å². The minimum atomic E-state index is -0.515. The van der Waals surface area contributed by atoms with Crippen LogP contribution < -0.4 is 10.6 Å². The van der Waals surface area contributed by atoms with Crippen LogP contribution in [0.5, 0.6) is 0 Å². The molecule has 0 aliphatic carbocycles. The first kappa shape index (κ1) is 21.0. The molecule has 9 heteroatoms. The van der Waals surface area contributed by atoms with Crippen molar-refractivity contribution >= 4 is 17.3 Å². The average Bonchev–Trinajstić information content (AvgIpc) is 3.18. The van der Waals surface area contributed by atoms with Gasteiger partial charge in [0.25, 0.3) is 11.6 Å². The number of methoxy groups -OCH3 is 1. The lowest BCUT2D eigenvalue weighted by atomic mass is 10.0. The number of benzene rings is 2. The number of carbonyl (C=O) groups is 1. The van der Waals surface area contributed by atoms with Crippen LogP contribution in [0.3, 0.4) is 0 Å². The summed E-state index contributed by atoms with van der Waals surface area (Å²) < 4.78 is 6.77. The number of nitrogens with zero attached hydrogens (tertiary/aromatic N) is 3. The third kappa shape index (κ3) is 4.81. The molecule has 9 nitrogen and oxygen atoms in total. The molecule has 0 bridgehead atoms. The van der Waals surface area contributed by atoms with Crippen molar-refractivity contribution < 1.29 is 14.5 Å². The molecule has 0 saturated carbocycles. The Bertz CT molecular complexity index is 1020. The van der Waals surface area contributed by atoms with Crippen molar-refractivity contribution in [2.24, 2.45) is 7.05 Å². The normalized spacial score (nSPS) is 11.7. The fourth-order valence-corrected chi connectivity index (χ4v) is 3.07. The first-order chi connectivity index (χ1) is 14.5. The largest absolute Gasteiger partial charge is 0.383 e. The highest BCUT2D eigenvalue weighted by atomic mass is 16.6. The van der Waals surface area contributed by atoms with E-state index in [-0.39, 0.29) is 11.3 Å². The molecule has 0 aliphatic heterocycles. The zero-order chi connectivity index (χ0) is 21.5. The lowest BCUT2D eigenvalue weighted by Gasteiger charge is -2.19. The van der Waals surface area contributed by atoms with Crippen molar-refractivity contribution in [1.29, 1.82) is 0 Å². The number of nitro groups is 1. The Morgan fingerprint density at radius 3 is 2.67 bits per heavy atom. The summed E-state index contributed by atoms with van der Waals surface area (Å²) in [4.78, 5) is 28.3. The van der Waals surface area contributed by atoms with E-state index in [1.807, 2.05) is 41.9 Å². The molecule has 1 aromatic heterocycles. The number of nitro benzene ring substituents is 1. The lowest BCUT2D eigenvalue weighted by Crippen LogP contribution is -2.31. The molecule has 0 saturated heterocycles. The number of ether oxygens (including phenoxy) is 1. The smallest absolute Gasteiger partial charge is 0.293 e. The summed E-state index contributed by atoms with van der Waals surface area (Å²) in [5, 5.41) is 17.4. The molecule has 0 aliphatic rings. The third-order valence-corrected chi connectivity index (χ3v) is 4.60. The van der Waals surface area contributed by atoms with Crippen LogP contribution in [-0.4, -0.2) is 40.6 Å². The van der Waals surface area contributed by atoms with Crippen molar-refractivity contribution in [3.8, 4) is 0 Å². The van der Waals surface area contributed by atoms with E-state index in [2.05, 4.69) is 15.6 Å². The summed E-state index contributed by atoms with van der Waals surface area (Å²) in [6.45, 7) is 0.819. The van der Waals surface area contributed by atoms with Crippen LogP contribution in [0.25, 0.3) is 0 Å². The van der Waals surface area contributed by atoms with E-state index in [0.29, 0.717) is 24.7 Å². The minimum Gasteiger partial charge on any atom is -0.383 e. The third-order valence-electron chi connectivity index (χ3n) is 4.60. The number of hydrogen-bond donors (Lipinski definition) is 2. The second kappa shape index (κ2) is 9.66. The van der Waals surface area contributed by atoms with Gasteiger partial charge in [0.2, 0.25) is 0 Å². The van der Waals surface area contributed by atoms with E-state index in [0.717, 1.165) is 5.56 Å². The predicted octanol–water partition coefficient (Wildman–Crippen LogP) is 2.91. The van der Waals surface area contributed by atoms with Gasteiger partial charge in [0, 0.05) is 44.7 Å². The Kier molecular flexibility index (Phi) is 6.76. The maximum absolute atomic E-state index is 13.0. The maximum Gasteiger partial charge on any atom is 0.293 e. The molecular formula is C21H23N5O4. The van der Waals surface area contributed by atoms with Gasteiger partial charge in [-0.1, -0.05) is 30.3 Å². The molecule has 0 radical (unpaired) electrons. The quantitative estimate of drug-likeness (QED) is 0.319. The average molecular weight is 409 g/mol. The van der Waals surface area contributed by atoms with Gasteiger partial charge >= 0.3 is 0 Å². The number of carbonyl (C=O) groups excluding carboxylic acids is 1. The topological polar surface area (TPSA) is 111 Å². The second-order valence-corrected chi connectivity index (χ2v) is 6.62. The van der Waals surface area contributed by atoms with E-state index in [1.54, 1.807) is 25.6 Å². The molecule has 156 valence electrons. The molecular weight excluding hydrogens is 386 g/mol. The second-order valence-electron chi connectivity index (χ2n) is 6.62. The van der Waals surface area contributed by atoms with Gasteiger partial charge in [0.15, 0.2) is 0 Å². The SMILES string of the molecule is COCCNc1ccc(C(=O)NC(c2ccccc2)c2nccn2C)cc1[N+](=O)[O-]. The Balaban J connectivity index is 1.88. The van der Waals surface area contributed by atoms with Crippen LogP contribution in [0.1, 0.15) is 27.8 Å². The van der Waals surface area contributed by atoms with Crippen LogP contribution in [0.2, 0.25) is 0 Å². The van der Waals surface area contributed by atoms with E-state index in [4.69, 9.17) is 4.74 Å². The van der Waals surface area contributed by atoms with Gasteiger partial charge in [-0.3, -0.25) is 14.9 Å². The van der Waals surface area contributed by atoms with E-state index < -0.39 is 16.9 Å². The summed E-state index contributed by atoms with van der Waals surface area (Å²) in [5.74, 6) is 0.222. The number of hydrogen-bond acceptors (Lipinski definition) is 6. The highest BCUT2D eigenvalue weighted by Gasteiger charge is 2.23. The van der Waals surface area contributed by atoms with Crippen molar-refractivity contribution in [2.45, 2.75) is 6.04 Å². The Labute approximate surface area is 173 Å². The maximum atomic E-state index is 13.0. The van der Waals surface area contributed by atoms with E-state index >= 15 is 0 Å². The van der Waals surface area contributed by atoms with Gasteiger partial charge < -0.3 is 19.9 Å². The summed E-state index contributed by atoms with van der Waals surface area (Å²) in [5.41, 5.74) is 1.20. The van der Waals surface area contributed by atoms with E-state index in [9.17, 15) is 14.9 Å². The van der Waals surface area contributed by atoms with Gasteiger partial charge in [-0.25, -0.2) is 4.98 Å². The summed E-state index contributed by atoms with van der Waals surface area (Å²) in [7, 11) is 3.39. The molecule has 1 unspecified atom stereocenters. The molecule has 0 fully saturated rings. The summed E-state index contributed by atoms with van der Waals surface area (Å²) in [6.07, 6.45) is 3.45. The number of aromatic nitrogens is 2. The fourth-order valence-electron chi connectivity index (χ4n) is 3.07. The van der Waals surface area contributed by atoms with Crippen LogP contribution in [0, 0.1) is 10.1 Å². The summed E-state index contributed by atoms with van der Waals surface area (Å²) in [6, 6.07) is 13.3. The van der Waals surface area contributed by atoms with Crippen molar-refractivity contribution in [3.05, 3.63) is 88.0 Å². The Hall–Kier alpha value is -3.72. The van der Waals surface area contributed by atoms with Crippen molar-refractivity contribution in [3.63, 3.8) is 0 Å². The predicted molar refractivity (Wildman–Crippen MR) is 112 cm³/mol. The molecule has 0 spiro atoms. The molecule has 3 rings (SSSR count). The standard InChI is InChI=1S/C21H23N5O4/c1-25-12-10-23-20(25)19(15-6-4-3-5-7-15)24-21(27)16-8-9-17(22-11-13-30-2)18(14-16)26(28)29/h3-10,12,14,19,22H,11,13H2,1-2H3,(H,24,27). The van der Waals surface area contributed by atoms with Crippen molar-refractivity contribution in [1.82, 2.24) is 14.9 Å². The first-order valence-corrected chi connectivity index (χ1v) is 9.35. The van der Waals surface area contributed by atoms with Gasteiger partial charge in [-0.05, 0) is 17.7 Å². The molecule has 30 heavy (non-hydrogen) atoms. The molecule has 2 N–H and O–H groups in total. The highest BCUT2D eigenvalue weighted by Crippen LogP contribution is 2.26. The molecule has 1 amide bonds. The van der Waals surface area contributed by atoms with Gasteiger partial charge in [-0.15, -0.1) is 0 Å². The van der Waals surface area contributed by atoms with E-state index in [1.165, 1.54) is 12.1 Å². The number of aryl methyl sites for hydroxylation is 1. The first-order valence-electron chi connectivity index (χ1n) is 9.35. The molecule has 2 aromatic carbocycles. The lowest BCUT2D eigenvalue weighted by molar-refractivity contribution is -0.384. The number of amides is 1. The Morgan fingerprint density at radius 1 is 1.27 bits per heavy atom. The van der Waals surface area contributed by atoms with Gasteiger partial charge in [0.05, 0.1) is 11.5 Å². The monoisotopic (exact) mass is 409 g/mol. The highest BCUT2D eigenvalue weighted by molar-refractivity contribution is 5.96. The van der Waals surface area contributed by atoms with Crippen molar-refractivity contribution in [2.75, 3.05) is 25.6 Å². The van der Waals surface area contributed by atoms with Gasteiger partial charge in [-0.2, -0.15) is 0 Å². The number of nitrogens with one attached hydrogen (secondary N) is 2.